The molecule has 6 nitrogen and oxygen atoms in total. The van der Waals surface area contributed by atoms with Crippen molar-refractivity contribution in [3.63, 3.8) is 0 Å². The molecule has 0 unspecified atom stereocenters. The maximum absolute atomic E-state index is 12.2. The van der Waals surface area contributed by atoms with Crippen molar-refractivity contribution in [3.05, 3.63) is 42.1 Å². The maximum atomic E-state index is 12.2. The average molecular weight is 315 g/mol. The molecule has 1 amide bonds. The van der Waals surface area contributed by atoms with Gasteiger partial charge in [0, 0.05) is 24.8 Å². The molecule has 1 saturated heterocycles. The maximum Gasteiger partial charge on any atom is 0.260 e. The van der Waals surface area contributed by atoms with Crippen molar-refractivity contribution in [1.29, 1.82) is 0 Å². The summed E-state index contributed by atoms with van der Waals surface area (Å²) in [4.78, 5) is 13.9. The minimum atomic E-state index is -0.288. The number of likely N-dealkylation sites (tertiary alicyclic amines) is 1. The Hall–Kier alpha value is -2.34. The van der Waals surface area contributed by atoms with Crippen molar-refractivity contribution < 1.29 is 14.6 Å². The highest BCUT2D eigenvalue weighted by Gasteiger charge is 2.22. The number of aliphatic hydroxyl groups excluding tert-OH is 1. The summed E-state index contributed by atoms with van der Waals surface area (Å²) >= 11 is 0. The molecule has 0 saturated carbocycles. The van der Waals surface area contributed by atoms with Crippen LogP contribution >= 0.6 is 0 Å². The monoisotopic (exact) mass is 315 g/mol. The zero-order valence-corrected chi connectivity index (χ0v) is 13.2. The number of piperidine rings is 1. The van der Waals surface area contributed by atoms with Crippen LogP contribution in [0, 0.1) is 6.92 Å². The van der Waals surface area contributed by atoms with Crippen molar-refractivity contribution in [2.75, 3.05) is 19.7 Å². The van der Waals surface area contributed by atoms with Crippen molar-refractivity contribution in [2.45, 2.75) is 25.9 Å². The summed E-state index contributed by atoms with van der Waals surface area (Å²) in [7, 11) is 0. The van der Waals surface area contributed by atoms with Crippen LogP contribution in [0.25, 0.3) is 5.69 Å². The zero-order chi connectivity index (χ0) is 16.2. The van der Waals surface area contributed by atoms with Gasteiger partial charge in [0.2, 0.25) is 5.88 Å². The van der Waals surface area contributed by atoms with Crippen molar-refractivity contribution >= 4 is 5.91 Å². The third-order valence-corrected chi connectivity index (χ3v) is 4.02. The Morgan fingerprint density at radius 1 is 1.30 bits per heavy atom. The number of hydrogen-bond donors (Lipinski definition) is 1. The molecule has 0 atom stereocenters. The molecule has 2 aromatic rings. The van der Waals surface area contributed by atoms with E-state index in [1.54, 1.807) is 9.58 Å². The highest BCUT2D eigenvalue weighted by molar-refractivity contribution is 5.77. The van der Waals surface area contributed by atoms with E-state index in [0.29, 0.717) is 31.8 Å². The first kappa shape index (κ1) is 15.6. The molecule has 1 aromatic heterocycles. The summed E-state index contributed by atoms with van der Waals surface area (Å²) in [5, 5.41) is 13.9. The molecular formula is C17H21N3O3. The second-order valence-electron chi connectivity index (χ2n) is 5.80. The number of rotatable bonds is 4. The van der Waals surface area contributed by atoms with Crippen LogP contribution in [0.1, 0.15) is 18.4 Å². The van der Waals surface area contributed by atoms with Gasteiger partial charge in [-0.2, -0.15) is 0 Å². The van der Waals surface area contributed by atoms with E-state index in [-0.39, 0.29) is 18.6 Å². The fourth-order valence-electron chi connectivity index (χ4n) is 2.64. The molecule has 1 aromatic carbocycles. The van der Waals surface area contributed by atoms with Gasteiger partial charge in [0.25, 0.3) is 5.91 Å². The van der Waals surface area contributed by atoms with Gasteiger partial charge in [-0.05, 0) is 31.9 Å². The number of para-hydroxylation sites is 1. The number of benzene rings is 1. The van der Waals surface area contributed by atoms with E-state index >= 15 is 0 Å². The van der Waals surface area contributed by atoms with Gasteiger partial charge in [-0.25, -0.2) is 4.68 Å². The zero-order valence-electron chi connectivity index (χ0n) is 13.2. The van der Waals surface area contributed by atoms with Crippen molar-refractivity contribution in [3.8, 4) is 11.6 Å². The highest BCUT2D eigenvalue weighted by atomic mass is 16.5. The fourth-order valence-corrected chi connectivity index (χ4v) is 2.64. The predicted octanol–water partition coefficient (Wildman–Crippen LogP) is 1.54. The molecule has 1 N–H and O–H groups in total. The Balaban J connectivity index is 1.60. The molecule has 6 heteroatoms. The van der Waals surface area contributed by atoms with Crippen LogP contribution in [-0.4, -0.2) is 51.5 Å². The lowest BCUT2D eigenvalue weighted by molar-refractivity contribution is -0.135. The molecule has 2 heterocycles. The first-order valence-corrected chi connectivity index (χ1v) is 7.84. The minimum absolute atomic E-state index is 0.0251. The lowest BCUT2D eigenvalue weighted by Gasteiger charge is -2.29. The third-order valence-electron chi connectivity index (χ3n) is 4.02. The summed E-state index contributed by atoms with van der Waals surface area (Å²) in [5.41, 5.74) is 1.83. The van der Waals surface area contributed by atoms with E-state index < -0.39 is 0 Å². The molecule has 1 aliphatic heterocycles. The largest absolute Gasteiger partial charge is 0.466 e. The SMILES string of the molecule is Cc1cn(-c2ccccc2)nc1OCC(=O)N1CCC(O)CC1. The topological polar surface area (TPSA) is 67.6 Å². The Kier molecular flexibility index (Phi) is 4.62. The van der Waals surface area contributed by atoms with E-state index in [1.807, 2.05) is 43.5 Å². The van der Waals surface area contributed by atoms with Crippen LogP contribution in [0.2, 0.25) is 0 Å². The smallest absolute Gasteiger partial charge is 0.260 e. The molecule has 0 spiro atoms. The average Bonchev–Trinajstić information content (AvgIpc) is 2.95. The van der Waals surface area contributed by atoms with Gasteiger partial charge in [0.15, 0.2) is 6.61 Å². The molecule has 1 fully saturated rings. The van der Waals surface area contributed by atoms with Gasteiger partial charge in [0.05, 0.1) is 11.8 Å². The molecule has 23 heavy (non-hydrogen) atoms. The Morgan fingerprint density at radius 2 is 2.00 bits per heavy atom. The second kappa shape index (κ2) is 6.83. The quantitative estimate of drug-likeness (QED) is 0.929. The van der Waals surface area contributed by atoms with E-state index in [0.717, 1.165) is 11.3 Å². The normalized spacial score (nSPS) is 15.7. The number of carbonyl (C=O) groups is 1. The van der Waals surface area contributed by atoms with Crippen molar-refractivity contribution in [1.82, 2.24) is 14.7 Å². The fraction of sp³-hybridized carbons (Fsp3) is 0.412. The van der Waals surface area contributed by atoms with Crippen LogP contribution in [0.15, 0.2) is 36.5 Å². The van der Waals surface area contributed by atoms with E-state index in [4.69, 9.17) is 4.74 Å². The summed E-state index contributed by atoms with van der Waals surface area (Å²) < 4.78 is 7.34. The summed E-state index contributed by atoms with van der Waals surface area (Å²) in [6.07, 6.45) is 2.86. The third kappa shape index (κ3) is 3.71. The van der Waals surface area contributed by atoms with Gasteiger partial charge < -0.3 is 14.7 Å². The molecule has 0 radical (unpaired) electrons. The Bertz CT molecular complexity index is 661. The molecule has 1 aliphatic rings. The molecule has 0 aliphatic carbocycles. The second-order valence-corrected chi connectivity index (χ2v) is 5.80. The number of aryl methyl sites for hydroxylation is 1. The lowest BCUT2D eigenvalue weighted by atomic mass is 10.1. The summed E-state index contributed by atoms with van der Waals surface area (Å²) in [5.74, 6) is 0.407. The van der Waals surface area contributed by atoms with Crippen LogP contribution in [0.5, 0.6) is 5.88 Å². The summed E-state index contributed by atoms with van der Waals surface area (Å²) in [6.45, 7) is 3.05. The van der Waals surface area contributed by atoms with Gasteiger partial charge in [-0.3, -0.25) is 4.79 Å². The van der Waals surface area contributed by atoms with E-state index in [1.165, 1.54) is 0 Å². The van der Waals surface area contributed by atoms with Crippen molar-refractivity contribution in [2.24, 2.45) is 0 Å². The van der Waals surface area contributed by atoms with Crippen LogP contribution in [0.4, 0.5) is 0 Å². The molecule has 0 bridgehead atoms. The Morgan fingerprint density at radius 3 is 2.70 bits per heavy atom. The molecule has 3 rings (SSSR count). The number of aliphatic hydroxyl groups is 1. The molecular weight excluding hydrogens is 294 g/mol. The number of ether oxygens (including phenoxy) is 1. The lowest BCUT2D eigenvalue weighted by Crippen LogP contribution is -2.42. The van der Waals surface area contributed by atoms with E-state index in [2.05, 4.69) is 5.10 Å². The van der Waals surface area contributed by atoms with E-state index in [9.17, 15) is 9.90 Å². The van der Waals surface area contributed by atoms with Crippen LogP contribution in [0.3, 0.4) is 0 Å². The van der Waals surface area contributed by atoms with Gasteiger partial charge >= 0.3 is 0 Å². The molecule has 122 valence electrons. The van der Waals surface area contributed by atoms with Gasteiger partial charge in [-0.1, -0.05) is 18.2 Å². The Labute approximate surface area is 135 Å². The van der Waals surface area contributed by atoms with Gasteiger partial charge in [-0.15, -0.1) is 5.10 Å². The summed E-state index contributed by atoms with van der Waals surface area (Å²) in [6, 6.07) is 9.76. The van der Waals surface area contributed by atoms with Crippen LogP contribution in [-0.2, 0) is 4.79 Å². The van der Waals surface area contributed by atoms with Crippen LogP contribution < -0.4 is 4.74 Å². The first-order valence-electron chi connectivity index (χ1n) is 7.84. The van der Waals surface area contributed by atoms with Gasteiger partial charge in [0.1, 0.15) is 0 Å². The number of nitrogens with zero attached hydrogens (tertiary/aromatic N) is 3. The highest BCUT2D eigenvalue weighted by Crippen LogP contribution is 2.18. The first-order chi connectivity index (χ1) is 11.1. The standard InChI is InChI=1S/C17H21N3O3/c1-13-11-20(14-5-3-2-4-6-14)18-17(13)23-12-16(22)19-9-7-15(21)8-10-19/h2-6,11,15,21H,7-10,12H2,1H3. The number of hydrogen-bond acceptors (Lipinski definition) is 4. The minimum Gasteiger partial charge on any atom is -0.466 e. The predicted molar refractivity (Wildman–Crippen MR) is 85.6 cm³/mol. The number of aromatic nitrogens is 2. The number of carbonyl (C=O) groups excluding carboxylic acids is 1. The number of amides is 1.